The van der Waals surface area contributed by atoms with Crippen LogP contribution in [0.5, 0.6) is 5.75 Å². The number of aromatic nitrogens is 2. The molecule has 3 aromatic rings. The molecule has 0 aliphatic carbocycles. The molecule has 1 aromatic heterocycles. The van der Waals surface area contributed by atoms with E-state index in [-0.39, 0.29) is 22.9 Å². The van der Waals surface area contributed by atoms with Crippen LogP contribution in [0.3, 0.4) is 0 Å². The minimum absolute atomic E-state index is 0.0452. The molecule has 0 saturated carbocycles. The van der Waals surface area contributed by atoms with Gasteiger partial charge >= 0.3 is 0 Å². The topological polar surface area (TPSA) is 80.0 Å². The first-order valence-corrected chi connectivity index (χ1v) is 8.76. The Balaban J connectivity index is 1.69. The van der Waals surface area contributed by atoms with E-state index in [2.05, 4.69) is 10.2 Å². The second-order valence-electron chi connectivity index (χ2n) is 6.19. The lowest BCUT2D eigenvalue weighted by Crippen LogP contribution is -2.26. The van der Waals surface area contributed by atoms with Crippen LogP contribution in [-0.2, 0) is 9.53 Å². The van der Waals surface area contributed by atoms with Crippen LogP contribution in [0.2, 0.25) is 5.02 Å². The van der Waals surface area contributed by atoms with E-state index in [4.69, 9.17) is 16.3 Å². The Morgan fingerprint density at radius 3 is 2.59 bits per heavy atom. The third kappa shape index (κ3) is 3.52. The molecule has 148 valence electrons. The number of carbonyl (C=O) groups excluding carboxylic acids is 1. The Kier molecular flexibility index (Phi) is 4.67. The van der Waals surface area contributed by atoms with Crippen molar-refractivity contribution >= 4 is 23.4 Å². The molecule has 10 heteroatoms. The number of aromatic hydroxyl groups is 1. The minimum Gasteiger partial charge on any atom is -0.504 e. The fourth-order valence-corrected chi connectivity index (χ4v) is 2.93. The molecule has 1 aliphatic rings. The molecule has 1 aliphatic heterocycles. The summed E-state index contributed by atoms with van der Waals surface area (Å²) >= 11 is 5.87. The van der Waals surface area contributed by atoms with E-state index in [0.29, 0.717) is 16.8 Å². The highest BCUT2D eigenvalue weighted by molar-refractivity contribution is 6.30. The van der Waals surface area contributed by atoms with Gasteiger partial charge in [0, 0.05) is 18.0 Å². The van der Waals surface area contributed by atoms with Crippen LogP contribution < -0.4 is 0 Å². The smallest absolute Gasteiger partial charge is 0.265 e. The van der Waals surface area contributed by atoms with Crippen LogP contribution >= 0.6 is 11.6 Å². The number of hydrogen-bond acceptors (Lipinski definition) is 5. The van der Waals surface area contributed by atoms with Gasteiger partial charge in [-0.2, -0.15) is 10.1 Å². The molecule has 7 nitrogen and oxygen atoms in total. The van der Waals surface area contributed by atoms with E-state index in [0.717, 1.165) is 17.1 Å². The number of hydrogen-bond donors (Lipinski definition) is 1. The Morgan fingerprint density at radius 1 is 1.21 bits per heavy atom. The zero-order valence-corrected chi connectivity index (χ0v) is 15.6. The third-order valence-corrected chi connectivity index (χ3v) is 4.44. The van der Waals surface area contributed by atoms with E-state index in [1.165, 1.54) is 17.8 Å². The zero-order valence-electron chi connectivity index (χ0n) is 14.9. The lowest BCUT2D eigenvalue weighted by Gasteiger charge is -2.19. The van der Waals surface area contributed by atoms with Crippen molar-refractivity contribution in [2.24, 2.45) is 5.10 Å². The summed E-state index contributed by atoms with van der Waals surface area (Å²) in [7, 11) is 0. The van der Waals surface area contributed by atoms with Crippen LogP contribution in [0, 0.1) is 11.6 Å². The highest BCUT2D eigenvalue weighted by atomic mass is 35.5. The van der Waals surface area contributed by atoms with Gasteiger partial charge in [-0.3, -0.25) is 4.79 Å². The highest BCUT2D eigenvalue weighted by Gasteiger charge is 2.37. The van der Waals surface area contributed by atoms with Crippen LogP contribution in [0.25, 0.3) is 5.69 Å². The molecule has 2 heterocycles. The van der Waals surface area contributed by atoms with E-state index >= 15 is 0 Å². The molecule has 29 heavy (non-hydrogen) atoms. The minimum atomic E-state index is -1.26. The maximum Gasteiger partial charge on any atom is 0.265 e. The molecular formula is C19H13ClF2N4O3. The van der Waals surface area contributed by atoms with Gasteiger partial charge in [-0.05, 0) is 36.4 Å². The molecule has 1 N–H and O–H groups in total. The van der Waals surface area contributed by atoms with Gasteiger partial charge < -0.3 is 9.84 Å². The van der Waals surface area contributed by atoms with Crippen molar-refractivity contribution < 1.29 is 23.4 Å². The zero-order chi connectivity index (χ0) is 20.7. The number of carbonyl (C=O) groups is 1. The maximum absolute atomic E-state index is 14.2. The number of benzene rings is 2. The molecular weight excluding hydrogens is 406 g/mol. The number of ether oxygens (including phenoxy) is 1. The van der Waals surface area contributed by atoms with Gasteiger partial charge in [-0.25, -0.2) is 13.5 Å². The van der Waals surface area contributed by atoms with Crippen molar-refractivity contribution in [1.82, 2.24) is 14.8 Å². The summed E-state index contributed by atoms with van der Waals surface area (Å²) in [5, 5.41) is 20.0. The lowest BCUT2D eigenvalue weighted by molar-refractivity contribution is -0.135. The number of amides is 1. The largest absolute Gasteiger partial charge is 0.504 e. The molecule has 0 bridgehead atoms. The second-order valence-corrected chi connectivity index (χ2v) is 6.63. The molecule has 4 rings (SSSR count). The number of rotatable bonds is 3. The Labute approximate surface area is 168 Å². The van der Waals surface area contributed by atoms with Crippen LogP contribution in [0.1, 0.15) is 24.4 Å². The first kappa shape index (κ1) is 18.9. The van der Waals surface area contributed by atoms with Crippen molar-refractivity contribution in [2.45, 2.75) is 13.2 Å². The van der Waals surface area contributed by atoms with Crippen molar-refractivity contribution in [1.29, 1.82) is 0 Å². The van der Waals surface area contributed by atoms with Crippen LogP contribution in [0.15, 0.2) is 53.8 Å². The molecule has 1 atom stereocenters. The first-order valence-electron chi connectivity index (χ1n) is 8.38. The van der Waals surface area contributed by atoms with Crippen molar-refractivity contribution in [2.75, 3.05) is 0 Å². The summed E-state index contributed by atoms with van der Waals surface area (Å²) in [4.78, 5) is 12.0. The normalized spacial score (nSPS) is 15.9. The molecule has 0 radical (unpaired) electrons. The molecule has 0 saturated heterocycles. The monoisotopic (exact) mass is 418 g/mol. The maximum atomic E-state index is 14.2. The van der Waals surface area contributed by atoms with Crippen LogP contribution in [0.4, 0.5) is 8.78 Å². The van der Waals surface area contributed by atoms with Gasteiger partial charge in [-0.15, -0.1) is 5.10 Å². The van der Waals surface area contributed by atoms with Gasteiger partial charge in [0.1, 0.15) is 11.6 Å². The lowest BCUT2D eigenvalue weighted by atomic mass is 10.1. The summed E-state index contributed by atoms with van der Waals surface area (Å²) in [5.41, 5.74) is 0.479. The van der Waals surface area contributed by atoms with Gasteiger partial charge in [0.2, 0.25) is 12.1 Å². The highest BCUT2D eigenvalue weighted by Crippen LogP contribution is 2.33. The molecule has 1 unspecified atom stereocenters. The number of hydrazone groups is 1. The van der Waals surface area contributed by atoms with Gasteiger partial charge in [0.05, 0.1) is 17.4 Å². The summed E-state index contributed by atoms with van der Waals surface area (Å²) < 4.78 is 34.4. The number of nitrogens with zero attached hydrogens (tertiary/aromatic N) is 4. The standard InChI is InChI=1S/C19H13ClF2N4O3/c1-10(27)26-19(14-7-4-12(21)8-15(14)22)29-18(24-26)17-16(28)9-25(23-17)13-5-2-11(20)3-6-13/h2-9,19,28H,1H3. The molecule has 0 fully saturated rings. The molecule has 2 aromatic carbocycles. The van der Waals surface area contributed by atoms with Gasteiger partial charge in [-0.1, -0.05) is 11.6 Å². The van der Waals surface area contributed by atoms with Crippen LogP contribution in [-0.4, -0.2) is 31.7 Å². The predicted octanol–water partition coefficient (Wildman–Crippen LogP) is 3.75. The summed E-state index contributed by atoms with van der Waals surface area (Å²) in [6, 6.07) is 9.58. The summed E-state index contributed by atoms with van der Waals surface area (Å²) in [5.74, 6) is -2.64. The van der Waals surface area contributed by atoms with E-state index in [1.807, 2.05) is 0 Å². The number of halogens is 3. The van der Waals surface area contributed by atoms with Gasteiger partial charge in [0.25, 0.3) is 5.90 Å². The SMILES string of the molecule is CC(=O)N1N=C(c2nn(-c3ccc(Cl)cc3)cc2O)OC1c1ccc(F)cc1F. The third-order valence-electron chi connectivity index (χ3n) is 4.18. The summed E-state index contributed by atoms with van der Waals surface area (Å²) in [6.07, 6.45) is 0.0668. The summed E-state index contributed by atoms with van der Waals surface area (Å²) in [6.45, 7) is 1.22. The van der Waals surface area contributed by atoms with E-state index in [1.54, 1.807) is 24.3 Å². The average Bonchev–Trinajstić information content (AvgIpc) is 3.26. The molecule has 0 spiro atoms. The fraction of sp³-hybridized carbons (Fsp3) is 0.105. The predicted molar refractivity (Wildman–Crippen MR) is 99.5 cm³/mol. The van der Waals surface area contributed by atoms with Crippen molar-refractivity contribution in [3.8, 4) is 11.4 Å². The van der Waals surface area contributed by atoms with E-state index < -0.39 is 23.8 Å². The fourth-order valence-electron chi connectivity index (χ4n) is 2.81. The van der Waals surface area contributed by atoms with Crippen molar-refractivity contribution in [3.05, 3.63) is 76.6 Å². The van der Waals surface area contributed by atoms with Gasteiger partial charge in [0.15, 0.2) is 11.4 Å². The second kappa shape index (κ2) is 7.17. The Hall–Kier alpha value is -3.46. The average molecular weight is 419 g/mol. The molecule has 1 amide bonds. The first-order chi connectivity index (χ1) is 13.8. The Bertz CT molecular complexity index is 1130. The Morgan fingerprint density at radius 2 is 1.93 bits per heavy atom. The quantitative estimate of drug-likeness (QED) is 0.702. The van der Waals surface area contributed by atoms with Crippen molar-refractivity contribution in [3.63, 3.8) is 0 Å². The van der Waals surface area contributed by atoms with E-state index in [9.17, 15) is 18.7 Å².